The minimum atomic E-state index is -0.667. The Bertz CT molecular complexity index is 331. The van der Waals surface area contributed by atoms with E-state index in [4.69, 9.17) is 5.11 Å². The maximum atomic E-state index is 10.6. The lowest BCUT2D eigenvalue weighted by Gasteiger charge is -1.98. The van der Waals surface area contributed by atoms with Crippen molar-refractivity contribution in [2.24, 2.45) is 5.92 Å². The van der Waals surface area contributed by atoms with Gasteiger partial charge < -0.3 is 5.11 Å². The summed E-state index contributed by atoms with van der Waals surface area (Å²) in [5, 5.41) is 9.87. The highest BCUT2D eigenvalue weighted by atomic mass is 31.0. The smallest absolute Gasteiger partial charge is 0.307 e. The molecule has 2 nitrogen and oxygen atoms in total. The molecule has 0 aliphatic heterocycles. The molecular weight excluding hydrogens is 183 g/mol. The van der Waals surface area contributed by atoms with E-state index in [0.29, 0.717) is 0 Å². The van der Waals surface area contributed by atoms with Crippen molar-refractivity contribution < 1.29 is 9.90 Å². The van der Waals surface area contributed by atoms with Gasteiger partial charge in [0.2, 0.25) is 0 Å². The molecule has 0 saturated heterocycles. The van der Waals surface area contributed by atoms with Gasteiger partial charge in [0.15, 0.2) is 0 Å². The second-order valence-electron chi connectivity index (χ2n) is 3.45. The van der Waals surface area contributed by atoms with Gasteiger partial charge in [-0.3, -0.25) is 4.79 Å². The molecule has 1 aliphatic rings. The molecule has 0 bridgehead atoms. The fourth-order valence-corrected chi connectivity index (χ4v) is 1.77. The second kappa shape index (κ2) is 3.12. The lowest BCUT2D eigenvalue weighted by Crippen LogP contribution is -1.99. The zero-order valence-corrected chi connectivity index (χ0v) is 8.26. The first-order chi connectivity index (χ1) is 6.18. The molecule has 13 heavy (non-hydrogen) atoms. The third-order valence-electron chi connectivity index (χ3n) is 2.47. The molecule has 0 amide bonds. The van der Waals surface area contributed by atoms with Crippen LogP contribution in [-0.2, 0) is 4.79 Å². The van der Waals surface area contributed by atoms with E-state index in [1.54, 1.807) is 0 Å². The number of aliphatic carboxylic acids is 1. The number of benzene rings is 1. The van der Waals surface area contributed by atoms with Gasteiger partial charge in [-0.25, -0.2) is 0 Å². The van der Waals surface area contributed by atoms with Crippen molar-refractivity contribution in [2.75, 3.05) is 0 Å². The van der Waals surface area contributed by atoms with Gasteiger partial charge in [0, 0.05) is 0 Å². The van der Waals surface area contributed by atoms with Crippen molar-refractivity contribution in [3.05, 3.63) is 29.8 Å². The Hall–Kier alpha value is -0.880. The zero-order valence-electron chi connectivity index (χ0n) is 7.10. The molecular formula is C10H11O2P. The molecule has 0 radical (unpaired) electrons. The van der Waals surface area contributed by atoms with Crippen molar-refractivity contribution in [1.82, 2.24) is 0 Å². The lowest BCUT2D eigenvalue weighted by atomic mass is 10.1. The summed E-state index contributed by atoms with van der Waals surface area (Å²) in [5.41, 5.74) is 1.15. The summed E-state index contributed by atoms with van der Waals surface area (Å²) in [5.74, 6) is -0.557. The fourth-order valence-electron chi connectivity index (χ4n) is 1.58. The van der Waals surface area contributed by atoms with Gasteiger partial charge in [-0.2, -0.15) is 0 Å². The van der Waals surface area contributed by atoms with Gasteiger partial charge in [0.1, 0.15) is 0 Å². The van der Waals surface area contributed by atoms with Crippen LogP contribution in [0.2, 0.25) is 0 Å². The summed E-state index contributed by atoms with van der Waals surface area (Å²) in [6, 6.07) is 8.01. The van der Waals surface area contributed by atoms with Gasteiger partial charge >= 0.3 is 5.97 Å². The van der Waals surface area contributed by atoms with Crippen LogP contribution < -0.4 is 5.30 Å². The zero-order chi connectivity index (χ0) is 9.42. The molecule has 1 aliphatic carbocycles. The van der Waals surface area contributed by atoms with Crippen molar-refractivity contribution in [3.8, 4) is 0 Å². The molecule has 3 heteroatoms. The van der Waals surface area contributed by atoms with Crippen molar-refractivity contribution >= 4 is 20.5 Å². The van der Waals surface area contributed by atoms with Crippen LogP contribution in [0.15, 0.2) is 24.3 Å². The summed E-state index contributed by atoms with van der Waals surface area (Å²) in [6.07, 6.45) is 0.797. The van der Waals surface area contributed by atoms with E-state index in [-0.39, 0.29) is 11.8 Å². The molecule has 3 atom stereocenters. The highest BCUT2D eigenvalue weighted by Gasteiger charge is 2.43. The normalized spacial score (nSPS) is 25.6. The van der Waals surface area contributed by atoms with Crippen LogP contribution in [0.5, 0.6) is 0 Å². The second-order valence-corrected chi connectivity index (χ2v) is 4.12. The molecule has 68 valence electrons. The molecule has 1 aromatic rings. The van der Waals surface area contributed by atoms with E-state index in [0.717, 1.165) is 17.3 Å². The number of hydrogen-bond donors (Lipinski definition) is 1. The first-order valence-corrected chi connectivity index (χ1v) is 4.84. The SMILES string of the molecule is O=C(O)C1C[C@H]1c1ccc(P)cc1. The van der Waals surface area contributed by atoms with E-state index in [1.807, 2.05) is 24.3 Å². The fraction of sp³-hybridized carbons (Fsp3) is 0.300. The summed E-state index contributed by atoms with van der Waals surface area (Å²) in [7, 11) is 2.62. The molecule has 1 saturated carbocycles. The topological polar surface area (TPSA) is 37.3 Å². The lowest BCUT2D eigenvalue weighted by molar-refractivity contribution is -0.138. The Kier molecular flexibility index (Phi) is 2.09. The predicted octanol–water partition coefficient (Wildman–Crippen LogP) is 1.38. The standard InChI is InChI=1S/C10H11O2P/c11-10(12)9-5-8(9)6-1-3-7(13)4-2-6/h1-4,8-9H,5,13H2,(H,11,12)/t8-,9?/m0/s1. The third-order valence-corrected chi connectivity index (χ3v) is 2.86. The van der Waals surface area contributed by atoms with Crippen molar-refractivity contribution in [2.45, 2.75) is 12.3 Å². The van der Waals surface area contributed by atoms with Crippen molar-refractivity contribution in [3.63, 3.8) is 0 Å². The quantitative estimate of drug-likeness (QED) is 0.722. The van der Waals surface area contributed by atoms with Gasteiger partial charge in [0.05, 0.1) is 5.92 Å². The van der Waals surface area contributed by atoms with E-state index >= 15 is 0 Å². The molecule has 0 aromatic heterocycles. The van der Waals surface area contributed by atoms with Crippen LogP contribution in [0.4, 0.5) is 0 Å². The number of carbonyl (C=O) groups is 1. The van der Waals surface area contributed by atoms with E-state index < -0.39 is 5.97 Å². The van der Waals surface area contributed by atoms with Crippen LogP contribution in [0.1, 0.15) is 17.9 Å². The Balaban J connectivity index is 2.12. The molecule has 1 fully saturated rings. The largest absolute Gasteiger partial charge is 0.481 e. The van der Waals surface area contributed by atoms with Gasteiger partial charge in [-0.15, -0.1) is 9.24 Å². The number of carboxylic acids is 1. The highest BCUT2D eigenvalue weighted by Crippen LogP contribution is 2.47. The monoisotopic (exact) mass is 194 g/mol. The van der Waals surface area contributed by atoms with Gasteiger partial charge in [0.25, 0.3) is 0 Å². The molecule has 0 spiro atoms. The van der Waals surface area contributed by atoms with Gasteiger partial charge in [-0.05, 0) is 23.2 Å². The Morgan fingerprint density at radius 3 is 2.46 bits per heavy atom. The first-order valence-electron chi connectivity index (χ1n) is 4.26. The average Bonchev–Trinajstić information content (AvgIpc) is 2.85. The number of rotatable bonds is 2. The maximum Gasteiger partial charge on any atom is 0.307 e. The van der Waals surface area contributed by atoms with Crippen LogP contribution in [-0.4, -0.2) is 11.1 Å². The van der Waals surface area contributed by atoms with Crippen LogP contribution >= 0.6 is 9.24 Å². The molecule has 1 aromatic carbocycles. The van der Waals surface area contributed by atoms with Crippen LogP contribution in [0.25, 0.3) is 0 Å². The molecule has 2 rings (SSSR count). The average molecular weight is 194 g/mol. The molecule has 0 heterocycles. The highest BCUT2D eigenvalue weighted by molar-refractivity contribution is 7.27. The Labute approximate surface area is 79.2 Å². The summed E-state index contributed by atoms with van der Waals surface area (Å²) in [6.45, 7) is 0. The number of carboxylic acid groups (broad SMARTS) is 1. The van der Waals surface area contributed by atoms with Crippen molar-refractivity contribution in [1.29, 1.82) is 0 Å². The minimum Gasteiger partial charge on any atom is -0.481 e. The molecule has 1 N–H and O–H groups in total. The third kappa shape index (κ3) is 1.73. The summed E-state index contributed by atoms with van der Waals surface area (Å²) < 4.78 is 0. The van der Waals surface area contributed by atoms with E-state index in [9.17, 15) is 4.79 Å². The molecule has 2 unspecified atom stereocenters. The minimum absolute atomic E-state index is 0.143. The van der Waals surface area contributed by atoms with Crippen LogP contribution in [0, 0.1) is 5.92 Å². The Morgan fingerprint density at radius 2 is 2.00 bits per heavy atom. The first kappa shape index (κ1) is 8.71. The summed E-state index contributed by atoms with van der Waals surface area (Å²) >= 11 is 0. The van der Waals surface area contributed by atoms with E-state index in [1.165, 1.54) is 0 Å². The number of hydrogen-bond acceptors (Lipinski definition) is 1. The van der Waals surface area contributed by atoms with E-state index in [2.05, 4.69) is 9.24 Å². The summed E-state index contributed by atoms with van der Waals surface area (Å²) in [4.78, 5) is 10.6. The Morgan fingerprint density at radius 1 is 1.38 bits per heavy atom. The predicted molar refractivity (Wildman–Crippen MR) is 54.3 cm³/mol. The maximum absolute atomic E-state index is 10.6. The van der Waals surface area contributed by atoms with Crippen LogP contribution in [0.3, 0.4) is 0 Å². The van der Waals surface area contributed by atoms with Gasteiger partial charge in [-0.1, -0.05) is 24.3 Å².